The molecule has 3 rings (SSSR count). The van der Waals surface area contributed by atoms with Crippen molar-refractivity contribution >= 4 is 15.9 Å². The van der Waals surface area contributed by atoms with Crippen molar-refractivity contribution in [1.82, 2.24) is 14.8 Å². The van der Waals surface area contributed by atoms with Crippen molar-refractivity contribution in [1.29, 1.82) is 0 Å². The third kappa shape index (κ3) is 3.43. The van der Waals surface area contributed by atoms with Crippen LogP contribution in [0.4, 0.5) is 0 Å². The van der Waals surface area contributed by atoms with E-state index in [1.807, 2.05) is 24.3 Å². The highest BCUT2D eigenvalue weighted by Crippen LogP contribution is 2.18. The molecular formula is C15H12BrN3O3. The molecule has 112 valence electrons. The number of halogens is 1. The number of benzene rings is 1. The summed E-state index contributed by atoms with van der Waals surface area (Å²) in [6, 6.07) is 10.7. The van der Waals surface area contributed by atoms with Crippen LogP contribution in [0.3, 0.4) is 0 Å². The molecule has 6 nitrogen and oxygen atoms in total. The van der Waals surface area contributed by atoms with Gasteiger partial charge in [-0.25, -0.2) is 0 Å². The smallest absolute Gasteiger partial charge is 0.250 e. The van der Waals surface area contributed by atoms with Crippen molar-refractivity contribution in [3.05, 3.63) is 63.8 Å². The maximum Gasteiger partial charge on any atom is 0.250 e. The van der Waals surface area contributed by atoms with Crippen LogP contribution in [-0.4, -0.2) is 21.4 Å². The van der Waals surface area contributed by atoms with Crippen LogP contribution in [0, 0.1) is 0 Å². The maximum atomic E-state index is 11.9. The molecular weight excluding hydrogens is 350 g/mol. The van der Waals surface area contributed by atoms with Gasteiger partial charge in [-0.2, -0.15) is 0 Å². The fraction of sp³-hybridized carbons (Fsp3) is 0.133. The fourth-order valence-electron chi connectivity index (χ4n) is 1.95. The first-order valence-corrected chi connectivity index (χ1v) is 7.37. The Balaban J connectivity index is 1.70. The topological polar surface area (TPSA) is 70.2 Å². The molecule has 0 bridgehead atoms. The third-order valence-electron chi connectivity index (χ3n) is 2.99. The molecule has 0 radical (unpaired) electrons. The van der Waals surface area contributed by atoms with Gasteiger partial charge in [-0.3, -0.25) is 4.79 Å². The van der Waals surface area contributed by atoms with Crippen LogP contribution in [0.2, 0.25) is 0 Å². The molecule has 0 N–H and O–H groups in total. The zero-order chi connectivity index (χ0) is 15.4. The van der Waals surface area contributed by atoms with Gasteiger partial charge >= 0.3 is 0 Å². The molecule has 3 aromatic rings. The number of nitrogens with zero attached hydrogens (tertiary/aromatic N) is 3. The quantitative estimate of drug-likeness (QED) is 0.698. The number of rotatable bonds is 5. The van der Waals surface area contributed by atoms with E-state index < -0.39 is 0 Å². The first-order chi connectivity index (χ1) is 10.7. The molecule has 2 aromatic heterocycles. The SMILES string of the molecule is O=c1ccc(-c2nnco2)cn1CCOc1cccc(Br)c1. The zero-order valence-electron chi connectivity index (χ0n) is 11.5. The van der Waals surface area contributed by atoms with Gasteiger partial charge in [-0.1, -0.05) is 22.0 Å². The van der Waals surface area contributed by atoms with Gasteiger partial charge in [0.15, 0.2) is 0 Å². The van der Waals surface area contributed by atoms with Gasteiger partial charge < -0.3 is 13.7 Å². The second-order valence-electron chi connectivity index (χ2n) is 4.50. The van der Waals surface area contributed by atoms with E-state index in [0.717, 1.165) is 10.2 Å². The van der Waals surface area contributed by atoms with Crippen molar-refractivity contribution in [3.63, 3.8) is 0 Å². The summed E-state index contributed by atoms with van der Waals surface area (Å²) in [5.74, 6) is 1.12. The predicted octanol–water partition coefficient (Wildman–Crippen LogP) is 2.74. The average Bonchev–Trinajstić information content (AvgIpc) is 3.03. The standard InChI is InChI=1S/C15H12BrN3O3/c16-12-2-1-3-13(8-12)21-7-6-19-9-11(4-5-14(19)20)15-18-17-10-22-15/h1-5,8-10H,6-7H2. The lowest BCUT2D eigenvalue weighted by atomic mass is 10.3. The molecule has 0 spiro atoms. The number of hydrogen-bond donors (Lipinski definition) is 0. The monoisotopic (exact) mass is 361 g/mol. The average molecular weight is 362 g/mol. The van der Waals surface area contributed by atoms with Crippen LogP contribution in [0.5, 0.6) is 5.75 Å². The normalized spacial score (nSPS) is 10.6. The van der Waals surface area contributed by atoms with E-state index >= 15 is 0 Å². The lowest BCUT2D eigenvalue weighted by molar-refractivity contribution is 0.296. The van der Waals surface area contributed by atoms with Crippen molar-refractivity contribution in [2.45, 2.75) is 6.54 Å². The summed E-state index contributed by atoms with van der Waals surface area (Å²) in [5.41, 5.74) is 0.584. The van der Waals surface area contributed by atoms with E-state index in [1.54, 1.807) is 16.8 Å². The van der Waals surface area contributed by atoms with Gasteiger partial charge in [0.05, 0.1) is 12.1 Å². The molecule has 2 heterocycles. The lowest BCUT2D eigenvalue weighted by Gasteiger charge is -2.09. The van der Waals surface area contributed by atoms with Crippen LogP contribution < -0.4 is 10.3 Å². The number of ether oxygens (including phenoxy) is 1. The van der Waals surface area contributed by atoms with E-state index in [4.69, 9.17) is 9.15 Å². The molecule has 0 aliphatic rings. The minimum absolute atomic E-state index is 0.110. The molecule has 0 saturated heterocycles. The number of pyridine rings is 1. The van der Waals surface area contributed by atoms with Crippen molar-refractivity contribution in [3.8, 4) is 17.2 Å². The zero-order valence-corrected chi connectivity index (χ0v) is 13.1. The van der Waals surface area contributed by atoms with Crippen LogP contribution in [0.1, 0.15) is 0 Å². The molecule has 1 aromatic carbocycles. The number of hydrogen-bond acceptors (Lipinski definition) is 5. The summed E-state index contributed by atoms with van der Waals surface area (Å²) in [4.78, 5) is 11.9. The Morgan fingerprint density at radius 1 is 1.27 bits per heavy atom. The Hall–Kier alpha value is -2.41. The van der Waals surface area contributed by atoms with Crippen molar-refractivity contribution in [2.24, 2.45) is 0 Å². The highest BCUT2D eigenvalue weighted by molar-refractivity contribution is 9.10. The summed E-state index contributed by atoms with van der Waals surface area (Å²) >= 11 is 3.38. The van der Waals surface area contributed by atoms with E-state index in [2.05, 4.69) is 26.1 Å². The third-order valence-corrected chi connectivity index (χ3v) is 3.48. The highest BCUT2D eigenvalue weighted by Gasteiger charge is 2.06. The molecule has 0 aliphatic heterocycles. The molecule has 7 heteroatoms. The summed E-state index contributed by atoms with van der Waals surface area (Å²) in [6.45, 7) is 0.803. The Morgan fingerprint density at radius 3 is 2.95 bits per heavy atom. The van der Waals surface area contributed by atoms with E-state index in [9.17, 15) is 4.79 Å². The first-order valence-electron chi connectivity index (χ1n) is 6.58. The molecule has 0 saturated carbocycles. The van der Waals surface area contributed by atoms with E-state index in [1.165, 1.54) is 12.5 Å². The molecule has 0 atom stereocenters. The first kappa shape index (κ1) is 14.5. The Kier molecular flexibility index (Phi) is 4.34. The number of aromatic nitrogens is 3. The second-order valence-corrected chi connectivity index (χ2v) is 5.41. The summed E-state index contributed by atoms with van der Waals surface area (Å²) in [7, 11) is 0. The van der Waals surface area contributed by atoms with Gasteiger partial charge in [0, 0.05) is 16.7 Å². The second kappa shape index (κ2) is 6.57. The van der Waals surface area contributed by atoms with Crippen LogP contribution in [0.15, 0.2) is 62.7 Å². The van der Waals surface area contributed by atoms with Gasteiger partial charge in [-0.05, 0) is 24.3 Å². The summed E-state index contributed by atoms with van der Waals surface area (Å²) in [6.07, 6.45) is 2.93. The van der Waals surface area contributed by atoms with Crippen LogP contribution >= 0.6 is 15.9 Å². The van der Waals surface area contributed by atoms with Gasteiger partial charge in [-0.15, -0.1) is 10.2 Å². The molecule has 0 amide bonds. The van der Waals surface area contributed by atoms with Crippen molar-refractivity contribution < 1.29 is 9.15 Å². The minimum atomic E-state index is -0.110. The Morgan fingerprint density at radius 2 is 2.18 bits per heavy atom. The Labute approximate surface area is 134 Å². The lowest BCUT2D eigenvalue weighted by Crippen LogP contribution is -2.21. The molecule has 22 heavy (non-hydrogen) atoms. The molecule has 0 fully saturated rings. The van der Waals surface area contributed by atoms with Crippen LogP contribution in [-0.2, 0) is 6.54 Å². The summed E-state index contributed by atoms with van der Waals surface area (Å²) in [5, 5.41) is 7.45. The molecule has 0 unspecified atom stereocenters. The highest BCUT2D eigenvalue weighted by atomic mass is 79.9. The largest absolute Gasteiger partial charge is 0.492 e. The summed E-state index contributed by atoms with van der Waals surface area (Å²) < 4.78 is 13.3. The van der Waals surface area contributed by atoms with Gasteiger partial charge in [0.25, 0.3) is 5.56 Å². The van der Waals surface area contributed by atoms with E-state index in [-0.39, 0.29) is 5.56 Å². The van der Waals surface area contributed by atoms with Crippen molar-refractivity contribution in [2.75, 3.05) is 6.61 Å². The van der Waals surface area contributed by atoms with E-state index in [0.29, 0.717) is 24.6 Å². The minimum Gasteiger partial charge on any atom is -0.492 e. The fourth-order valence-corrected chi connectivity index (χ4v) is 2.33. The van der Waals surface area contributed by atoms with Gasteiger partial charge in [0.2, 0.25) is 12.3 Å². The Bertz CT molecular complexity index is 815. The maximum absolute atomic E-state index is 11.9. The van der Waals surface area contributed by atoms with Gasteiger partial charge in [0.1, 0.15) is 12.4 Å². The molecule has 0 aliphatic carbocycles. The predicted molar refractivity (Wildman–Crippen MR) is 83.6 cm³/mol. The van der Waals surface area contributed by atoms with Crippen LogP contribution in [0.25, 0.3) is 11.5 Å².